The molecule has 1 heterocycles. The number of hydrogen-bond acceptors (Lipinski definition) is 4. The van der Waals surface area contributed by atoms with Crippen LogP contribution in [0.4, 0.5) is 15.8 Å². The van der Waals surface area contributed by atoms with Crippen LogP contribution in [0, 0.1) is 5.82 Å². The Balaban J connectivity index is 2.26. The van der Waals surface area contributed by atoms with Crippen molar-refractivity contribution in [2.45, 2.75) is 25.6 Å². The van der Waals surface area contributed by atoms with E-state index in [4.69, 9.17) is 10.5 Å². The molecule has 0 spiro atoms. The van der Waals surface area contributed by atoms with Crippen molar-refractivity contribution in [1.29, 1.82) is 0 Å². The monoisotopic (exact) mass is 254 g/mol. The first-order valence-corrected chi connectivity index (χ1v) is 6.00. The molecule has 0 radical (unpaired) electrons. The lowest BCUT2D eigenvalue weighted by molar-refractivity contribution is -0.100. The zero-order chi connectivity index (χ0) is 13.3. The summed E-state index contributed by atoms with van der Waals surface area (Å²) >= 11 is 0. The summed E-state index contributed by atoms with van der Waals surface area (Å²) in [7, 11) is 0. The topological polar surface area (TPSA) is 58.7 Å². The molecule has 18 heavy (non-hydrogen) atoms. The van der Waals surface area contributed by atoms with E-state index in [-0.39, 0.29) is 24.1 Å². The molecule has 3 N–H and O–H groups in total. The van der Waals surface area contributed by atoms with E-state index in [9.17, 15) is 9.50 Å². The molecule has 1 fully saturated rings. The van der Waals surface area contributed by atoms with Crippen molar-refractivity contribution in [2.75, 3.05) is 30.3 Å². The Hall–Kier alpha value is -1.33. The Bertz CT molecular complexity index is 437. The first-order chi connectivity index (χ1) is 8.41. The first-order valence-electron chi connectivity index (χ1n) is 6.00. The minimum atomic E-state index is -0.369. The molecule has 1 atom stereocenters. The highest BCUT2D eigenvalue weighted by Gasteiger charge is 2.33. The van der Waals surface area contributed by atoms with Gasteiger partial charge in [0.15, 0.2) is 0 Å². The van der Waals surface area contributed by atoms with Crippen LogP contribution in [-0.4, -0.2) is 36.5 Å². The molecule has 0 saturated carbocycles. The molecule has 5 heteroatoms. The van der Waals surface area contributed by atoms with E-state index in [0.717, 1.165) is 5.69 Å². The van der Waals surface area contributed by atoms with Gasteiger partial charge in [-0.1, -0.05) is 0 Å². The maximum Gasteiger partial charge on any atom is 0.125 e. The Labute approximate surface area is 106 Å². The van der Waals surface area contributed by atoms with Crippen LogP contribution in [0.1, 0.15) is 13.8 Å². The first kappa shape index (κ1) is 13.1. The van der Waals surface area contributed by atoms with Crippen LogP contribution in [-0.2, 0) is 4.74 Å². The van der Waals surface area contributed by atoms with Crippen molar-refractivity contribution >= 4 is 11.4 Å². The number of benzene rings is 1. The third-order valence-electron chi connectivity index (χ3n) is 3.02. The third kappa shape index (κ3) is 2.73. The second-order valence-corrected chi connectivity index (χ2v) is 5.27. The molecule has 4 nitrogen and oxygen atoms in total. The van der Waals surface area contributed by atoms with Crippen molar-refractivity contribution in [3.63, 3.8) is 0 Å². The molecular formula is C13H19FN2O2. The van der Waals surface area contributed by atoms with Gasteiger partial charge in [0.2, 0.25) is 0 Å². The second-order valence-electron chi connectivity index (χ2n) is 5.27. The number of aliphatic hydroxyl groups excluding tert-OH is 1. The van der Waals surface area contributed by atoms with E-state index in [1.807, 2.05) is 18.7 Å². The molecule has 1 aromatic rings. The van der Waals surface area contributed by atoms with Crippen molar-refractivity contribution < 1.29 is 14.2 Å². The number of nitrogens with two attached hydrogens (primary N) is 1. The van der Waals surface area contributed by atoms with E-state index in [1.165, 1.54) is 12.1 Å². The van der Waals surface area contributed by atoms with Gasteiger partial charge in [0.1, 0.15) is 5.82 Å². The predicted octanol–water partition coefficient (Wildman–Crippen LogP) is 1.38. The average Bonchev–Trinajstić information content (AvgIpc) is 2.26. The minimum absolute atomic E-state index is 0.0406. The number of ether oxygens (including phenoxy) is 1. The Morgan fingerprint density at radius 1 is 1.56 bits per heavy atom. The third-order valence-corrected chi connectivity index (χ3v) is 3.02. The van der Waals surface area contributed by atoms with Gasteiger partial charge in [-0.15, -0.1) is 0 Å². The predicted molar refractivity (Wildman–Crippen MR) is 69.1 cm³/mol. The fraction of sp³-hybridized carbons (Fsp3) is 0.538. The summed E-state index contributed by atoms with van der Waals surface area (Å²) in [5.74, 6) is -0.345. The zero-order valence-electron chi connectivity index (χ0n) is 10.7. The smallest absolute Gasteiger partial charge is 0.125 e. The maximum atomic E-state index is 13.0. The molecular weight excluding hydrogens is 235 g/mol. The fourth-order valence-electron chi connectivity index (χ4n) is 2.39. The summed E-state index contributed by atoms with van der Waals surface area (Å²) in [5.41, 5.74) is 6.66. The van der Waals surface area contributed by atoms with Gasteiger partial charge in [-0.2, -0.15) is 0 Å². The quantitative estimate of drug-likeness (QED) is 0.783. The summed E-state index contributed by atoms with van der Waals surface area (Å²) in [5, 5.41) is 9.26. The summed E-state index contributed by atoms with van der Waals surface area (Å²) in [4.78, 5) is 2.03. The summed E-state index contributed by atoms with van der Waals surface area (Å²) in [6.45, 7) is 5.08. The van der Waals surface area contributed by atoms with Crippen molar-refractivity contribution in [1.82, 2.24) is 0 Å². The Kier molecular flexibility index (Phi) is 3.45. The molecule has 0 bridgehead atoms. The molecule has 2 rings (SSSR count). The van der Waals surface area contributed by atoms with E-state index in [1.54, 1.807) is 6.07 Å². The van der Waals surface area contributed by atoms with Crippen LogP contribution in [0.5, 0.6) is 0 Å². The van der Waals surface area contributed by atoms with Gasteiger partial charge < -0.3 is 20.5 Å². The molecule has 100 valence electrons. The van der Waals surface area contributed by atoms with Crippen LogP contribution in [0.2, 0.25) is 0 Å². The molecule has 1 aliphatic rings. The zero-order valence-corrected chi connectivity index (χ0v) is 10.7. The second kappa shape index (κ2) is 4.74. The highest BCUT2D eigenvalue weighted by molar-refractivity contribution is 5.67. The van der Waals surface area contributed by atoms with Crippen LogP contribution in [0.25, 0.3) is 0 Å². The average molecular weight is 254 g/mol. The van der Waals surface area contributed by atoms with E-state index in [0.29, 0.717) is 18.8 Å². The number of nitrogens with zero attached hydrogens (tertiary/aromatic N) is 1. The lowest BCUT2D eigenvalue weighted by Gasteiger charge is -2.43. The SMILES string of the molecule is CC1(C)CN(c2ccc(F)cc2N)CC(CO)O1. The van der Waals surface area contributed by atoms with Gasteiger partial charge >= 0.3 is 0 Å². The highest BCUT2D eigenvalue weighted by atomic mass is 19.1. The van der Waals surface area contributed by atoms with Gasteiger partial charge in [-0.05, 0) is 32.0 Å². The van der Waals surface area contributed by atoms with Crippen LogP contribution in [0.3, 0.4) is 0 Å². The number of rotatable bonds is 2. The minimum Gasteiger partial charge on any atom is -0.397 e. The largest absolute Gasteiger partial charge is 0.397 e. The molecule has 1 saturated heterocycles. The molecule has 1 aliphatic heterocycles. The summed E-state index contributed by atoms with van der Waals surface area (Å²) < 4.78 is 18.8. The number of anilines is 2. The van der Waals surface area contributed by atoms with Gasteiger partial charge in [-0.25, -0.2) is 4.39 Å². The van der Waals surface area contributed by atoms with Gasteiger partial charge in [0.25, 0.3) is 0 Å². The highest BCUT2D eigenvalue weighted by Crippen LogP contribution is 2.30. The van der Waals surface area contributed by atoms with Crippen LogP contribution < -0.4 is 10.6 Å². The van der Waals surface area contributed by atoms with Crippen molar-refractivity contribution in [2.24, 2.45) is 0 Å². The van der Waals surface area contributed by atoms with Crippen molar-refractivity contribution in [3.8, 4) is 0 Å². The molecule has 0 aliphatic carbocycles. The van der Waals surface area contributed by atoms with Crippen molar-refractivity contribution in [3.05, 3.63) is 24.0 Å². The lowest BCUT2D eigenvalue weighted by atomic mass is 10.0. The normalized spacial score (nSPS) is 23.1. The number of halogens is 1. The molecule has 0 aromatic heterocycles. The number of hydrogen-bond donors (Lipinski definition) is 2. The Morgan fingerprint density at radius 3 is 2.89 bits per heavy atom. The number of nitrogen functional groups attached to an aromatic ring is 1. The number of morpholine rings is 1. The van der Waals surface area contributed by atoms with E-state index >= 15 is 0 Å². The van der Waals surface area contributed by atoms with E-state index in [2.05, 4.69) is 0 Å². The van der Waals surface area contributed by atoms with Gasteiger partial charge in [-0.3, -0.25) is 0 Å². The van der Waals surface area contributed by atoms with Gasteiger partial charge in [0.05, 0.1) is 29.7 Å². The van der Waals surface area contributed by atoms with Crippen LogP contribution in [0.15, 0.2) is 18.2 Å². The molecule has 1 aromatic carbocycles. The summed E-state index contributed by atoms with van der Waals surface area (Å²) in [6.07, 6.45) is -0.252. The summed E-state index contributed by atoms with van der Waals surface area (Å²) in [6, 6.07) is 4.37. The lowest BCUT2D eigenvalue weighted by Crippen LogP contribution is -2.54. The maximum absolute atomic E-state index is 13.0. The van der Waals surface area contributed by atoms with E-state index < -0.39 is 0 Å². The van der Waals surface area contributed by atoms with Crippen LogP contribution >= 0.6 is 0 Å². The Morgan fingerprint density at radius 2 is 2.28 bits per heavy atom. The number of aliphatic hydroxyl groups is 1. The van der Waals surface area contributed by atoms with Gasteiger partial charge in [0, 0.05) is 13.1 Å². The molecule has 0 amide bonds. The fourth-order valence-corrected chi connectivity index (χ4v) is 2.39. The standard InChI is InChI=1S/C13H19FN2O2/c1-13(2)8-16(6-10(7-17)18-13)12-4-3-9(14)5-11(12)15/h3-5,10,17H,6-8,15H2,1-2H3. The molecule has 1 unspecified atom stereocenters.